The number of nitrogen functional groups attached to an aromatic ring is 1. The monoisotopic (exact) mass is 255 g/mol. The van der Waals surface area contributed by atoms with Gasteiger partial charge in [-0.05, 0) is 12.1 Å². The minimum absolute atomic E-state index is 0.342. The van der Waals surface area contributed by atoms with E-state index in [4.69, 9.17) is 5.84 Å². The van der Waals surface area contributed by atoms with Crippen LogP contribution in [0.1, 0.15) is 0 Å². The van der Waals surface area contributed by atoms with E-state index >= 15 is 0 Å². The van der Waals surface area contributed by atoms with Crippen LogP contribution in [0.4, 0.5) is 17.5 Å². The number of nitrogens with zero attached hydrogens (tertiary/aromatic N) is 4. The quantitative estimate of drug-likeness (QED) is 0.483. The van der Waals surface area contributed by atoms with E-state index in [1.807, 2.05) is 42.3 Å². The average molecular weight is 255 g/mol. The molecule has 0 radical (unpaired) electrons. The first-order valence-corrected chi connectivity index (χ1v) is 5.76. The first-order chi connectivity index (χ1) is 9.29. The highest BCUT2D eigenvalue weighted by molar-refractivity contribution is 5.89. The molecule has 0 spiro atoms. The second-order valence-electron chi connectivity index (χ2n) is 4.04. The molecule has 3 aromatic rings. The first kappa shape index (κ1) is 11.4. The second kappa shape index (κ2) is 4.54. The van der Waals surface area contributed by atoms with E-state index in [-0.39, 0.29) is 0 Å². The van der Waals surface area contributed by atoms with E-state index in [2.05, 4.69) is 25.6 Å². The van der Waals surface area contributed by atoms with Gasteiger partial charge in [-0.25, -0.2) is 5.84 Å². The SMILES string of the molecule is CN(c1ccccc1)c1nc(NN)nc2[nH]ncc12. The predicted octanol–water partition coefficient (Wildman–Crippen LogP) is 1.41. The summed E-state index contributed by atoms with van der Waals surface area (Å²) in [5.74, 6) is 6.47. The molecule has 96 valence electrons. The lowest BCUT2D eigenvalue weighted by molar-refractivity contribution is 1.06. The molecule has 7 nitrogen and oxygen atoms in total. The molecule has 0 aliphatic carbocycles. The molecule has 0 atom stereocenters. The molecule has 2 aromatic heterocycles. The van der Waals surface area contributed by atoms with Crippen LogP contribution in [0.3, 0.4) is 0 Å². The van der Waals surface area contributed by atoms with Gasteiger partial charge < -0.3 is 4.90 Å². The molecular formula is C12H13N7. The Kier molecular flexibility index (Phi) is 2.73. The zero-order chi connectivity index (χ0) is 13.2. The van der Waals surface area contributed by atoms with E-state index in [1.165, 1.54) is 0 Å². The summed E-state index contributed by atoms with van der Waals surface area (Å²) in [7, 11) is 1.93. The number of H-pyrrole nitrogens is 1. The van der Waals surface area contributed by atoms with Gasteiger partial charge in [-0.1, -0.05) is 18.2 Å². The fourth-order valence-corrected chi connectivity index (χ4v) is 1.91. The largest absolute Gasteiger partial charge is 0.329 e. The van der Waals surface area contributed by atoms with E-state index in [0.717, 1.165) is 16.9 Å². The molecule has 0 aliphatic rings. The Bertz CT molecular complexity index is 692. The van der Waals surface area contributed by atoms with Gasteiger partial charge in [-0.2, -0.15) is 15.1 Å². The van der Waals surface area contributed by atoms with Crippen molar-refractivity contribution in [3.63, 3.8) is 0 Å². The maximum Gasteiger partial charge on any atom is 0.241 e. The van der Waals surface area contributed by atoms with Crippen molar-refractivity contribution < 1.29 is 0 Å². The van der Waals surface area contributed by atoms with Crippen LogP contribution in [0.25, 0.3) is 11.0 Å². The molecule has 0 bridgehead atoms. The van der Waals surface area contributed by atoms with E-state index in [1.54, 1.807) is 6.20 Å². The summed E-state index contributed by atoms with van der Waals surface area (Å²) >= 11 is 0. The van der Waals surface area contributed by atoms with Crippen molar-refractivity contribution in [3.8, 4) is 0 Å². The fourth-order valence-electron chi connectivity index (χ4n) is 1.91. The number of aromatic nitrogens is 4. The standard InChI is InChI=1S/C12H13N7/c1-19(8-5-3-2-4-6-8)11-9-7-14-18-10(9)15-12(16-11)17-13/h2-7H,13H2,1H3,(H2,14,15,16,17,18). The third-order valence-corrected chi connectivity index (χ3v) is 2.88. The maximum atomic E-state index is 5.39. The number of para-hydroxylation sites is 1. The molecule has 3 rings (SSSR count). The van der Waals surface area contributed by atoms with Gasteiger partial charge in [-0.3, -0.25) is 10.5 Å². The lowest BCUT2D eigenvalue weighted by atomic mass is 10.3. The molecule has 0 saturated carbocycles. The summed E-state index contributed by atoms with van der Waals surface area (Å²) in [6.07, 6.45) is 1.70. The van der Waals surface area contributed by atoms with Crippen molar-refractivity contribution >= 4 is 28.5 Å². The molecule has 4 N–H and O–H groups in total. The minimum atomic E-state index is 0.342. The summed E-state index contributed by atoms with van der Waals surface area (Å²) in [6.45, 7) is 0. The number of nitrogens with two attached hydrogens (primary N) is 1. The Labute approximate surface area is 109 Å². The van der Waals surface area contributed by atoms with Crippen molar-refractivity contribution in [2.75, 3.05) is 17.4 Å². The summed E-state index contributed by atoms with van der Waals surface area (Å²) in [4.78, 5) is 10.5. The molecule has 0 fully saturated rings. The Hall–Kier alpha value is -2.67. The third kappa shape index (κ3) is 1.95. The normalized spacial score (nSPS) is 10.6. The molecule has 0 amide bonds. The minimum Gasteiger partial charge on any atom is -0.329 e. The summed E-state index contributed by atoms with van der Waals surface area (Å²) in [5, 5.41) is 7.65. The number of hydrogen-bond donors (Lipinski definition) is 3. The predicted molar refractivity (Wildman–Crippen MR) is 74.0 cm³/mol. The van der Waals surface area contributed by atoms with Gasteiger partial charge in [0, 0.05) is 12.7 Å². The average Bonchev–Trinajstić information content (AvgIpc) is 2.94. The van der Waals surface area contributed by atoms with Crippen LogP contribution < -0.4 is 16.2 Å². The second-order valence-corrected chi connectivity index (χ2v) is 4.04. The highest BCUT2D eigenvalue weighted by Gasteiger charge is 2.13. The van der Waals surface area contributed by atoms with E-state index < -0.39 is 0 Å². The molecule has 7 heteroatoms. The van der Waals surface area contributed by atoms with E-state index in [9.17, 15) is 0 Å². The molecular weight excluding hydrogens is 242 g/mol. The number of hydrogen-bond acceptors (Lipinski definition) is 6. The van der Waals surface area contributed by atoms with Crippen molar-refractivity contribution in [3.05, 3.63) is 36.5 Å². The first-order valence-electron chi connectivity index (χ1n) is 5.76. The van der Waals surface area contributed by atoms with Gasteiger partial charge in [0.05, 0.1) is 11.6 Å². The van der Waals surface area contributed by atoms with Gasteiger partial charge >= 0.3 is 0 Å². The van der Waals surface area contributed by atoms with Gasteiger partial charge in [-0.15, -0.1) is 0 Å². The van der Waals surface area contributed by atoms with Crippen LogP contribution in [0.5, 0.6) is 0 Å². The van der Waals surface area contributed by atoms with Crippen molar-refractivity contribution in [1.29, 1.82) is 0 Å². The number of aromatic amines is 1. The van der Waals surface area contributed by atoms with Gasteiger partial charge in [0.2, 0.25) is 5.95 Å². The summed E-state index contributed by atoms with van der Waals surface area (Å²) < 4.78 is 0. The lowest BCUT2D eigenvalue weighted by Gasteiger charge is -2.19. The molecule has 1 aromatic carbocycles. The Balaban J connectivity index is 2.16. The van der Waals surface area contributed by atoms with Gasteiger partial charge in [0.15, 0.2) is 5.65 Å². The number of nitrogens with one attached hydrogen (secondary N) is 2. The van der Waals surface area contributed by atoms with Crippen LogP contribution >= 0.6 is 0 Å². The Morgan fingerprint density at radius 1 is 1.21 bits per heavy atom. The number of rotatable bonds is 3. The smallest absolute Gasteiger partial charge is 0.241 e. The van der Waals surface area contributed by atoms with Crippen molar-refractivity contribution in [1.82, 2.24) is 20.2 Å². The molecule has 0 aliphatic heterocycles. The maximum absolute atomic E-state index is 5.39. The van der Waals surface area contributed by atoms with Crippen molar-refractivity contribution in [2.24, 2.45) is 5.84 Å². The molecule has 0 saturated heterocycles. The van der Waals surface area contributed by atoms with Crippen LogP contribution in [-0.4, -0.2) is 27.2 Å². The Morgan fingerprint density at radius 3 is 2.74 bits per heavy atom. The summed E-state index contributed by atoms with van der Waals surface area (Å²) in [6, 6.07) is 9.92. The number of anilines is 3. The summed E-state index contributed by atoms with van der Waals surface area (Å²) in [5.41, 5.74) is 4.12. The molecule has 2 heterocycles. The van der Waals surface area contributed by atoms with Gasteiger partial charge in [0.1, 0.15) is 5.82 Å². The number of fused-ring (bicyclic) bond motifs is 1. The van der Waals surface area contributed by atoms with Crippen LogP contribution in [0, 0.1) is 0 Å². The zero-order valence-corrected chi connectivity index (χ0v) is 10.3. The number of benzene rings is 1. The third-order valence-electron chi connectivity index (χ3n) is 2.88. The number of hydrazine groups is 1. The topological polar surface area (TPSA) is 95.8 Å². The van der Waals surface area contributed by atoms with Crippen LogP contribution in [0.2, 0.25) is 0 Å². The van der Waals surface area contributed by atoms with E-state index in [0.29, 0.717) is 11.6 Å². The Morgan fingerprint density at radius 2 is 2.00 bits per heavy atom. The van der Waals surface area contributed by atoms with Crippen LogP contribution in [0.15, 0.2) is 36.5 Å². The zero-order valence-electron chi connectivity index (χ0n) is 10.3. The van der Waals surface area contributed by atoms with Crippen molar-refractivity contribution in [2.45, 2.75) is 0 Å². The lowest BCUT2D eigenvalue weighted by Crippen LogP contribution is -2.16. The highest BCUT2D eigenvalue weighted by atomic mass is 15.3. The van der Waals surface area contributed by atoms with Gasteiger partial charge in [0.25, 0.3) is 0 Å². The van der Waals surface area contributed by atoms with Crippen LogP contribution in [-0.2, 0) is 0 Å². The molecule has 19 heavy (non-hydrogen) atoms. The fraction of sp³-hybridized carbons (Fsp3) is 0.0833. The molecule has 0 unspecified atom stereocenters. The highest BCUT2D eigenvalue weighted by Crippen LogP contribution is 2.28.